The lowest BCUT2D eigenvalue weighted by Crippen LogP contribution is -2.54. The number of benzene rings is 18. The fourth-order valence-electron chi connectivity index (χ4n) is 18.9. The largest absolute Gasteiger partial charge is 0.642 e. The maximum absolute atomic E-state index is 9.62. The van der Waals surface area contributed by atoms with Gasteiger partial charge in [0.2, 0.25) is 0 Å². The molecule has 0 aliphatic carbocycles. The summed E-state index contributed by atoms with van der Waals surface area (Å²) in [6.07, 6.45) is 1.89. The molecule has 0 heterocycles. The Labute approximate surface area is 621 Å². The molecule has 3 nitrogen and oxygen atoms in total. The van der Waals surface area contributed by atoms with Crippen molar-refractivity contribution in [2.75, 3.05) is 0 Å². The second-order valence-corrected chi connectivity index (χ2v) is 28.6. The van der Waals surface area contributed by atoms with Gasteiger partial charge >= 0.3 is 7.32 Å². The minimum atomic E-state index is -1.63. The number of rotatable bonds is 21. The van der Waals surface area contributed by atoms with Crippen LogP contribution in [0.5, 0.6) is 0 Å². The molecule has 0 amide bonds. The molecule has 0 aromatic heterocycles. The highest BCUT2D eigenvalue weighted by atomic mass is 16.8. The average Bonchev–Trinajstić information content (AvgIpc) is 0.710. The number of hydrogen-bond acceptors (Lipinski definition) is 3. The molecule has 0 N–H and O–H groups in total. The van der Waals surface area contributed by atoms with Gasteiger partial charge in [0, 0.05) is 17.8 Å². The molecule has 18 aromatic carbocycles. The highest BCUT2D eigenvalue weighted by molar-refractivity contribution is 6.37. The monoisotopic (exact) mass is 1360 g/mol. The average molecular weight is 1370 g/mol. The van der Waals surface area contributed by atoms with E-state index in [1.165, 1.54) is 0 Å². The minimum Gasteiger partial charge on any atom is -0.371 e. The SMILES string of the molecule is CCC(c1cccc2ccccc12)C(OB(OC(c1cccc2ccccc12)(c1cccc2ccccc12)C(CC)c1cccc2ccccc12)OC(c1cccc2ccccc12)(c1cccc2ccccc12)C(CC)c1cccc2ccccc12)(c1cccc2ccccc12)c1cccc2ccccc12. The normalized spacial score (nSPS) is 13.2. The zero-order valence-electron chi connectivity index (χ0n) is 60.0. The molecule has 0 bridgehead atoms. The first-order chi connectivity index (χ1) is 52.4. The molecule has 18 rings (SSSR count). The summed E-state index contributed by atoms with van der Waals surface area (Å²) in [7, 11) is -1.63. The van der Waals surface area contributed by atoms with Gasteiger partial charge in [0.25, 0.3) is 0 Å². The van der Waals surface area contributed by atoms with E-state index in [0.717, 1.165) is 147 Å². The zero-order chi connectivity index (χ0) is 71.2. The van der Waals surface area contributed by atoms with Crippen molar-refractivity contribution in [1.82, 2.24) is 0 Å². The smallest absolute Gasteiger partial charge is 0.371 e. The molecule has 3 unspecified atom stereocenters. The summed E-state index contributed by atoms with van der Waals surface area (Å²) in [6.45, 7) is 7.06. The Morgan fingerprint density at radius 1 is 0.189 bits per heavy atom. The summed E-state index contributed by atoms with van der Waals surface area (Å²) in [6, 6.07) is 142. The van der Waals surface area contributed by atoms with Crippen LogP contribution < -0.4 is 0 Å². The molecule has 0 aliphatic heterocycles. The number of fused-ring (bicyclic) bond motifs is 9. The van der Waals surface area contributed by atoms with Crippen LogP contribution in [0, 0.1) is 0 Å². The highest BCUT2D eigenvalue weighted by Gasteiger charge is 2.59. The van der Waals surface area contributed by atoms with Gasteiger partial charge < -0.3 is 14.0 Å². The minimum absolute atomic E-state index is 0.445. The molecule has 0 aliphatic rings. The van der Waals surface area contributed by atoms with Gasteiger partial charge in [-0.05, 0) is 166 Å². The lowest BCUT2D eigenvalue weighted by atomic mass is 9.66. The summed E-state index contributed by atoms with van der Waals surface area (Å²) in [5.41, 5.74) is 4.87. The molecule has 18 aromatic rings. The van der Waals surface area contributed by atoms with Crippen molar-refractivity contribution in [3.05, 3.63) is 432 Å². The topological polar surface area (TPSA) is 27.7 Å². The Balaban J connectivity index is 1.08. The molecule has 0 saturated heterocycles. The highest BCUT2D eigenvalue weighted by Crippen LogP contribution is 2.60. The van der Waals surface area contributed by atoms with Crippen molar-refractivity contribution < 1.29 is 14.0 Å². The second-order valence-electron chi connectivity index (χ2n) is 28.6. The maximum atomic E-state index is 9.62. The summed E-state index contributed by atoms with van der Waals surface area (Å²) in [4.78, 5) is 0. The van der Waals surface area contributed by atoms with Gasteiger partial charge in [0.1, 0.15) is 16.8 Å². The van der Waals surface area contributed by atoms with E-state index < -0.39 is 41.9 Å². The van der Waals surface area contributed by atoms with Gasteiger partial charge in [0.05, 0.1) is 0 Å². The van der Waals surface area contributed by atoms with E-state index in [-0.39, 0.29) is 0 Å². The molecule has 0 fully saturated rings. The quantitative estimate of drug-likeness (QED) is 0.0671. The van der Waals surface area contributed by atoms with Crippen molar-refractivity contribution in [1.29, 1.82) is 0 Å². The summed E-state index contributed by atoms with van der Waals surface area (Å²) in [5.74, 6) is -1.34. The van der Waals surface area contributed by atoms with Crippen molar-refractivity contribution >= 4 is 104 Å². The predicted octanol–water partition coefficient (Wildman–Crippen LogP) is 26.8. The van der Waals surface area contributed by atoms with Gasteiger partial charge in [-0.3, -0.25) is 0 Å². The van der Waals surface area contributed by atoms with Crippen LogP contribution in [0.3, 0.4) is 0 Å². The van der Waals surface area contributed by atoms with Crippen LogP contribution in [-0.4, -0.2) is 7.32 Å². The van der Waals surface area contributed by atoms with Crippen LogP contribution >= 0.6 is 0 Å². The van der Waals surface area contributed by atoms with E-state index in [4.69, 9.17) is 0 Å². The van der Waals surface area contributed by atoms with E-state index in [1.54, 1.807) is 0 Å². The molecule has 3 atom stereocenters. The molecular formula is C102H81BO3. The third-order valence-corrected chi connectivity index (χ3v) is 23.3. The third kappa shape index (κ3) is 11.0. The first-order valence-corrected chi connectivity index (χ1v) is 37.8. The third-order valence-electron chi connectivity index (χ3n) is 23.3. The molecule has 0 radical (unpaired) electrons. The van der Waals surface area contributed by atoms with E-state index >= 15 is 0 Å². The molecular weight excluding hydrogens is 1280 g/mol. The van der Waals surface area contributed by atoms with Gasteiger partial charge in [-0.2, -0.15) is 0 Å². The lowest BCUT2D eigenvalue weighted by Gasteiger charge is -2.51. The van der Waals surface area contributed by atoms with Crippen LogP contribution in [-0.2, 0) is 30.8 Å². The van der Waals surface area contributed by atoms with Crippen molar-refractivity contribution in [2.45, 2.75) is 74.6 Å². The van der Waals surface area contributed by atoms with E-state index in [1.807, 2.05) is 0 Å². The van der Waals surface area contributed by atoms with E-state index in [2.05, 4.69) is 403 Å². The van der Waals surface area contributed by atoms with Gasteiger partial charge in [-0.25, -0.2) is 0 Å². The summed E-state index contributed by atoms with van der Waals surface area (Å²) < 4.78 is 28.9. The fraction of sp³-hybridized carbons (Fsp3) is 0.118. The van der Waals surface area contributed by atoms with Gasteiger partial charge in [-0.1, -0.05) is 403 Å². The van der Waals surface area contributed by atoms with Crippen LogP contribution in [0.15, 0.2) is 382 Å². The number of hydrogen-bond donors (Lipinski definition) is 0. The molecule has 0 spiro atoms. The summed E-state index contributed by atoms with van der Waals surface area (Å²) >= 11 is 0. The van der Waals surface area contributed by atoms with Crippen molar-refractivity contribution in [3.8, 4) is 0 Å². The van der Waals surface area contributed by atoms with Gasteiger partial charge in [-0.15, -0.1) is 0 Å². The van der Waals surface area contributed by atoms with E-state index in [0.29, 0.717) is 19.3 Å². The Bertz CT molecular complexity index is 5420. The molecule has 106 heavy (non-hydrogen) atoms. The van der Waals surface area contributed by atoms with E-state index in [9.17, 15) is 14.0 Å². The predicted molar refractivity (Wildman–Crippen MR) is 446 cm³/mol. The first-order valence-electron chi connectivity index (χ1n) is 37.8. The molecule has 510 valence electrons. The fourth-order valence-corrected chi connectivity index (χ4v) is 18.9. The first kappa shape index (κ1) is 66.2. The van der Waals surface area contributed by atoms with Crippen LogP contribution in [0.25, 0.3) is 97.0 Å². The molecule has 4 heteroatoms. The van der Waals surface area contributed by atoms with Crippen LogP contribution in [0.1, 0.15) is 108 Å². The van der Waals surface area contributed by atoms with Gasteiger partial charge in [0.15, 0.2) is 0 Å². The van der Waals surface area contributed by atoms with Crippen molar-refractivity contribution in [2.24, 2.45) is 0 Å². The summed E-state index contributed by atoms with van der Waals surface area (Å²) in [5, 5.41) is 19.8. The zero-order valence-corrected chi connectivity index (χ0v) is 60.0. The Morgan fingerprint density at radius 3 is 0.528 bits per heavy atom. The Morgan fingerprint density at radius 2 is 0.340 bits per heavy atom. The van der Waals surface area contributed by atoms with Crippen LogP contribution in [0.4, 0.5) is 0 Å². The lowest BCUT2D eigenvalue weighted by molar-refractivity contribution is -0.0856. The maximum Gasteiger partial charge on any atom is 0.642 e. The van der Waals surface area contributed by atoms with Crippen molar-refractivity contribution in [3.63, 3.8) is 0 Å². The molecule has 0 saturated carbocycles. The second kappa shape index (κ2) is 28.0. The standard InChI is InChI=1S/C102H81BO3/c1-4-91(88-61-25-43-70-34-7-16-52-79(70)88)100(94-64-28-46-73-37-10-19-55-82(73)94,95-65-29-47-74-38-11-20-56-83(74)95)104-103(105-101(96-66-30-48-75-39-12-21-57-84(75)96,97-67-31-49-76-40-13-22-58-85(76)97)92(5-2)89-62-26-44-71-35-8-17-53-80(71)89)106-102(98-68-32-50-77-41-14-23-59-86(77)98,99-69-33-51-78-42-15-24-60-87(78)99)93(6-3)90-63-27-45-72-36-9-18-54-81(72)90/h7-69,91-93H,4-6H2,1-3H3. The Hall–Kier alpha value is -11.8. The van der Waals surface area contributed by atoms with Crippen LogP contribution in [0.2, 0.25) is 0 Å². The Kier molecular flexibility index (Phi) is 17.5.